The molecule has 0 bridgehead atoms. The average molecular weight is 396 g/mol. The van der Waals surface area contributed by atoms with Gasteiger partial charge in [-0.1, -0.05) is 34.9 Å². The fourth-order valence-corrected chi connectivity index (χ4v) is 2.93. The molecule has 0 aliphatic heterocycles. The van der Waals surface area contributed by atoms with Crippen LogP contribution in [0.25, 0.3) is 0 Å². The molecule has 1 rings (SSSR count). The van der Waals surface area contributed by atoms with E-state index >= 15 is 0 Å². The van der Waals surface area contributed by atoms with E-state index in [0.29, 0.717) is 13.0 Å². The molecule has 1 aromatic carbocycles. The largest absolute Gasteiger partial charge is 0.489 e. The van der Waals surface area contributed by atoms with Gasteiger partial charge in [-0.2, -0.15) is 0 Å². The van der Waals surface area contributed by atoms with Crippen molar-refractivity contribution >= 4 is 11.6 Å². The van der Waals surface area contributed by atoms with Crippen molar-refractivity contribution in [1.82, 2.24) is 0 Å². The number of nitrogens with one attached hydrogen (secondary N) is 1. The highest BCUT2D eigenvalue weighted by Gasteiger charge is 2.05. The van der Waals surface area contributed by atoms with Gasteiger partial charge < -0.3 is 10.1 Å². The SMILES string of the molecule is C=CCc1cc(NC(C)=O)ccc1OC/C=C(\C)CC/C=C(\C)CCC=C(C)C. The monoisotopic (exact) mass is 395 g/mol. The molecular formula is C26H37NO2. The number of amides is 1. The van der Waals surface area contributed by atoms with Gasteiger partial charge in [-0.3, -0.25) is 4.79 Å². The summed E-state index contributed by atoms with van der Waals surface area (Å²) in [7, 11) is 0. The molecule has 0 spiro atoms. The van der Waals surface area contributed by atoms with E-state index < -0.39 is 0 Å². The summed E-state index contributed by atoms with van der Waals surface area (Å²) in [5.74, 6) is 0.751. The van der Waals surface area contributed by atoms with Gasteiger partial charge in [0.1, 0.15) is 12.4 Å². The van der Waals surface area contributed by atoms with Crippen LogP contribution in [0.1, 0.15) is 65.9 Å². The van der Waals surface area contributed by atoms with Crippen molar-refractivity contribution in [3.63, 3.8) is 0 Å². The number of rotatable bonds is 12. The molecule has 0 radical (unpaired) electrons. The number of carbonyl (C=O) groups is 1. The third-order valence-corrected chi connectivity index (χ3v) is 4.54. The molecule has 0 unspecified atom stereocenters. The lowest BCUT2D eigenvalue weighted by atomic mass is 10.1. The first-order valence-electron chi connectivity index (χ1n) is 10.4. The topological polar surface area (TPSA) is 38.3 Å². The lowest BCUT2D eigenvalue weighted by Gasteiger charge is -2.12. The smallest absolute Gasteiger partial charge is 0.221 e. The molecule has 0 fully saturated rings. The van der Waals surface area contributed by atoms with Crippen molar-refractivity contribution in [3.8, 4) is 5.75 Å². The van der Waals surface area contributed by atoms with Crippen LogP contribution in [0.2, 0.25) is 0 Å². The lowest BCUT2D eigenvalue weighted by molar-refractivity contribution is -0.114. The molecule has 0 atom stereocenters. The maximum atomic E-state index is 11.2. The van der Waals surface area contributed by atoms with Crippen LogP contribution in [0.3, 0.4) is 0 Å². The Bertz CT molecular complexity index is 765. The predicted octanol–water partition coefficient (Wildman–Crippen LogP) is 7.17. The third kappa shape index (κ3) is 11.1. The quantitative estimate of drug-likeness (QED) is 0.381. The van der Waals surface area contributed by atoms with Crippen molar-refractivity contribution in [1.29, 1.82) is 0 Å². The Labute approximate surface area is 177 Å². The van der Waals surface area contributed by atoms with E-state index in [-0.39, 0.29) is 5.91 Å². The van der Waals surface area contributed by atoms with E-state index in [1.54, 1.807) is 0 Å². The Morgan fingerprint density at radius 3 is 2.28 bits per heavy atom. The molecule has 3 heteroatoms. The zero-order chi connectivity index (χ0) is 21.6. The fourth-order valence-electron chi connectivity index (χ4n) is 2.93. The van der Waals surface area contributed by atoms with Gasteiger partial charge in [0.25, 0.3) is 0 Å². The lowest BCUT2D eigenvalue weighted by Crippen LogP contribution is -2.06. The van der Waals surface area contributed by atoms with Gasteiger partial charge in [-0.05, 0) is 89.6 Å². The molecule has 0 aliphatic rings. The van der Waals surface area contributed by atoms with E-state index in [9.17, 15) is 4.79 Å². The first kappa shape index (κ1) is 24.5. The average Bonchev–Trinajstić information content (AvgIpc) is 2.63. The van der Waals surface area contributed by atoms with Crippen molar-refractivity contribution < 1.29 is 9.53 Å². The Balaban J connectivity index is 2.53. The number of anilines is 1. The number of allylic oxidation sites excluding steroid dienone is 6. The molecule has 1 amide bonds. The van der Waals surface area contributed by atoms with Gasteiger partial charge in [-0.15, -0.1) is 6.58 Å². The number of hydrogen-bond acceptors (Lipinski definition) is 2. The van der Waals surface area contributed by atoms with E-state index in [1.165, 1.54) is 23.6 Å². The zero-order valence-corrected chi connectivity index (χ0v) is 18.8. The summed E-state index contributed by atoms with van der Waals surface area (Å²) in [5, 5.41) is 2.81. The molecule has 158 valence electrons. The molecular weight excluding hydrogens is 358 g/mol. The molecule has 3 nitrogen and oxygen atoms in total. The predicted molar refractivity (Wildman–Crippen MR) is 126 cm³/mol. The zero-order valence-electron chi connectivity index (χ0n) is 18.8. The molecule has 1 N–H and O–H groups in total. The highest BCUT2D eigenvalue weighted by molar-refractivity contribution is 5.88. The second-order valence-electron chi connectivity index (χ2n) is 7.77. The third-order valence-electron chi connectivity index (χ3n) is 4.54. The highest BCUT2D eigenvalue weighted by Crippen LogP contribution is 2.24. The fraction of sp³-hybridized carbons (Fsp3) is 0.423. The Morgan fingerprint density at radius 2 is 1.66 bits per heavy atom. The van der Waals surface area contributed by atoms with Gasteiger partial charge in [0.05, 0.1) is 0 Å². The van der Waals surface area contributed by atoms with Gasteiger partial charge in [-0.25, -0.2) is 0 Å². The molecule has 0 aliphatic carbocycles. The standard InChI is InChI=1S/C26H37NO2/c1-7-10-24-19-25(27-23(6)28)15-16-26(24)29-18-17-22(5)14-9-13-21(4)12-8-11-20(2)3/h7,11,13,15-17,19H,1,8-10,12,14,18H2,2-6H3,(H,27,28)/b21-13+,22-17+. The van der Waals surface area contributed by atoms with Crippen LogP contribution < -0.4 is 10.1 Å². The molecule has 0 heterocycles. The van der Waals surface area contributed by atoms with E-state index in [0.717, 1.165) is 42.7 Å². The molecule has 1 aromatic rings. The van der Waals surface area contributed by atoms with E-state index in [1.807, 2.05) is 24.3 Å². The summed E-state index contributed by atoms with van der Waals surface area (Å²) in [6.07, 6.45) is 13.7. The number of hydrogen-bond donors (Lipinski definition) is 1. The minimum atomic E-state index is -0.0805. The molecule has 0 aromatic heterocycles. The second kappa shape index (κ2) is 13.6. The van der Waals surface area contributed by atoms with Gasteiger partial charge >= 0.3 is 0 Å². The number of benzene rings is 1. The Hall–Kier alpha value is -2.55. The van der Waals surface area contributed by atoms with Crippen LogP contribution in [0, 0.1) is 0 Å². The number of ether oxygens (including phenoxy) is 1. The van der Waals surface area contributed by atoms with E-state index in [2.05, 4.69) is 57.8 Å². The first-order chi connectivity index (χ1) is 13.8. The summed E-state index contributed by atoms with van der Waals surface area (Å²) in [6, 6.07) is 5.71. The summed E-state index contributed by atoms with van der Waals surface area (Å²) in [5.41, 5.74) is 5.98. The van der Waals surface area contributed by atoms with Gasteiger partial charge in [0, 0.05) is 12.6 Å². The molecule has 0 saturated carbocycles. The summed E-state index contributed by atoms with van der Waals surface area (Å²) in [4.78, 5) is 11.2. The van der Waals surface area contributed by atoms with Crippen LogP contribution in [-0.2, 0) is 11.2 Å². The summed E-state index contributed by atoms with van der Waals surface area (Å²) in [6.45, 7) is 14.5. The van der Waals surface area contributed by atoms with Gasteiger partial charge in [0.15, 0.2) is 0 Å². The van der Waals surface area contributed by atoms with E-state index in [4.69, 9.17) is 4.74 Å². The maximum Gasteiger partial charge on any atom is 0.221 e. The van der Waals surface area contributed by atoms with Crippen molar-refractivity contribution in [2.45, 2.75) is 66.7 Å². The highest BCUT2D eigenvalue weighted by atomic mass is 16.5. The van der Waals surface area contributed by atoms with Crippen molar-refractivity contribution in [2.24, 2.45) is 0 Å². The summed E-state index contributed by atoms with van der Waals surface area (Å²) < 4.78 is 5.96. The molecule has 0 saturated heterocycles. The molecule has 29 heavy (non-hydrogen) atoms. The van der Waals surface area contributed by atoms with Crippen LogP contribution in [0.4, 0.5) is 5.69 Å². The van der Waals surface area contributed by atoms with Crippen LogP contribution in [0.15, 0.2) is 65.8 Å². The summed E-state index contributed by atoms with van der Waals surface area (Å²) >= 11 is 0. The Kier molecular flexibility index (Phi) is 11.5. The normalized spacial score (nSPS) is 11.8. The van der Waals surface area contributed by atoms with Crippen LogP contribution >= 0.6 is 0 Å². The van der Waals surface area contributed by atoms with Crippen LogP contribution in [0.5, 0.6) is 5.75 Å². The number of carbonyl (C=O) groups excluding carboxylic acids is 1. The minimum absolute atomic E-state index is 0.0805. The minimum Gasteiger partial charge on any atom is -0.489 e. The van der Waals surface area contributed by atoms with Crippen molar-refractivity contribution in [2.75, 3.05) is 11.9 Å². The maximum absolute atomic E-state index is 11.2. The first-order valence-corrected chi connectivity index (χ1v) is 10.4. The van der Waals surface area contributed by atoms with Gasteiger partial charge in [0.2, 0.25) is 5.91 Å². The second-order valence-corrected chi connectivity index (χ2v) is 7.77. The Morgan fingerprint density at radius 1 is 1.00 bits per heavy atom. The van der Waals surface area contributed by atoms with Crippen LogP contribution in [-0.4, -0.2) is 12.5 Å². The van der Waals surface area contributed by atoms with Crippen molar-refractivity contribution in [3.05, 3.63) is 71.4 Å².